The van der Waals surface area contributed by atoms with Gasteiger partial charge in [0, 0.05) is 11.5 Å². The molecule has 0 spiro atoms. The largest absolute Gasteiger partial charge is 0.493 e. The average Bonchev–Trinajstić information content (AvgIpc) is 3.22. The first kappa shape index (κ1) is 19.2. The molecular weight excluding hydrogens is 409 g/mol. The zero-order valence-corrected chi connectivity index (χ0v) is 16.3. The summed E-state index contributed by atoms with van der Waals surface area (Å²) in [5.74, 6) is 1.52. The minimum absolute atomic E-state index is 0.159. The molecule has 0 atom stereocenters. The lowest BCUT2D eigenvalue weighted by atomic mass is 10.2. The fourth-order valence-corrected chi connectivity index (χ4v) is 5.66. The monoisotopic (exact) mass is 424 g/mol. The Morgan fingerprint density at radius 1 is 1.00 bits per heavy atom. The van der Waals surface area contributed by atoms with Gasteiger partial charge in [0.05, 0.1) is 22.6 Å². The summed E-state index contributed by atoms with van der Waals surface area (Å²) in [5, 5.41) is 0.392. The van der Waals surface area contributed by atoms with Crippen molar-refractivity contribution < 1.29 is 22.6 Å². The summed E-state index contributed by atoms with van der Waals surface area (Å²) in [6.45, 7) is 0. The molecule has 0 radical (unpaired) electrons. The van der Waals surface area contributed by atoms with Crippen molar-refractivity contribution in [3.63, 3.8) is 0 Å². The summed E-state index contributed by atoms with van der Waals surface area (Å²) in [6.07, 6.45) is -4.67. The maximum atomic E-state index is 13.2. The van der Waals surface area contributed by atoms with Crippen molar-refractivity contribution in [3.05, 3.63) is 53.9 Å². The molecular formula is C19H15F3N2O2S2. The summed E-state index contributed by atoms with van der Waals surface area (Å²) in [4.78, 5) is 7.23. The molecule has 146 valence electrons. The van der Waals surface area contributed by atoms with Gasteiger partial charge in [0.2, 0.25) is 11.7 Å². The van der Waals surface area contributed by atoms with Crippen molar-refractivity contribution in [1.82, 2.24) is 9.97 Å². The smallest absolute Gasteiger partial charge is 0.451 e. The molecule has 28 heavy (non-hydrogen) atoms. The molecule has 1 fully saturated rings. The number of fused-ring (bicyclic) bond motifs is 1. The number of thioether (sulfide) groups is 2. The number of rotatable bonds is 4. The van der Waals surface area contributed by atoms with Crippen LogP contribution < -0.4 is 9.47 Å². The van der Waals surface area contributed by atoms with E-state index in [9.17, 15) is 13.2 Å². The second-order valence-corrected chi connectivity index (χ2v) is 8.68. The van der Waals surface area contributed by atoms with Gasteiger partial charge in [-0.1, -0.05) is 18.2 Å². The summed E-state index contributed by atoms with van der Waals surface area (Å²) in [6, 6.07) is 11.9. The number of hydrogen-bond acceptors (Lipinski definition) is 6. The maximum Gasteiger partial charge on any atom is 0.451 e. The van der Waals surface area contributed by atoms with Gasteiger partial charge in [0.25, 0.3) is 0 Å². The van der Waals surface area contributed by atoms with Gasteiger partial charge in [-0.3, -0.25) is 0 Å². The number of para-hydroxylation sites is 1. The van der Waals surface area contributed by atoms with E-state index in [2.05, 4.69) is 9.97 Å². The van der Waals surface area contributed by atoms with E-state index >= 15 is 0 Å². The molecule has 4 rings (SSSR count). The molecule has 0 N–H and O–H groups in total. The molecule has 9 heteroatoms. The number of benzene rings is 2. The minimum Gasteiger partial charge on any atom is -0.493 e. The van der Waals surface area contributed by atoms with Crippen molar-refractivity contribution in [2.24, 2.45) is 0 Å². The number of aromatic nitrogens is 2. The zero-order valence-electron chi connectivity index (χ0n) is 14.7. The van der Waals surface area contributed by atoms with Crippen molar-refractivity contribution in [2.75, 3.05) is 18.6 Å². The Morgan fingerprint density at radius 3 is 2.46 bits per heavy atom. The highest BCUT2D eigenvalue weighted by atomic mass is 32.2. The topological polar surface area (TPSA) is 44.2 Å². The number of hydrogen-bond donors (Lipinski definition) is 0. The summed E-state index contributed by atoms with van der Waals surface area (Å²) < 4.78 is 51.1. The quantitative estimate of drug-likeness (QED) is 0.517. The normalized spacial score (nSPS) is 15.1. The van der Waals surface area contributed by atoms with Crippen LogP contribution in [0.15, 0.2) is 42.5 Å². The van der Waals surface area contributed by atoms with Gasteiger partial charge in [0.1, 0.15) is 0 Å². The third-order valence-electron chi connectivity index (χ3n) is 4.11. The van der Waals surface area contributed by atoms with Gasteiger partial charge >= 0.3 is 6.18 Å². The number of alkyl halides is 3. The average molecular weight is 424 g/mol. The third kappa shape index (κ3) is 3.86. The van der Waals surface area contributed by atoms with E-state index in [1.165, 1.54) is 13.2 Å². The SMILES string of the molecule is COc1cc(C2SCCS2)ccc1Oc1nc(C(F)(F)F)nc2ccccc12. The molecule has 0 unspecified atom stereocenters. The van der Waals surface area contributed by atoms with E-state index in [-0.39, 0.29) is 11.4 Å². The van der Waals surface area contributed by atoms with Gasteiger partial charge in [-0.15, -0.1) is 23.5 Å². The Kier molecular flexibility index (Phi) is 5.29. The van der Waals surface area contributed by atoms with Crippen LogP contribution in [0.25, 0.3) is 10.9 Å². The maximum absolute atomic E-state index is 13.2. The van der Waals surface area contributed by atoms with Gasteiger partial charge in [-0.05, 0) is 29.8 Å². The van der Waals surface area contributed by atoms with Crippen LogP contribution in [0, 0.1) is 0 Å². The summed E-state index contributed by atoms with van der Waals surface area (Å²) >= 11 is 3.70. The number of ether oxygens (including phenoxy) is 2. The predicted octanol–water partition coefficient (Wildman–Crippen LogP) is 5.93. The number of nitrogens with zero attached hydrogens (tertiary/aromatic N) is 2. The molecule has 1 aliphatic rings. The standard InChI is InChI=1S/C19H15F3N2O2S2/c1-25-15-10-11(17-27-8-9-28-17)6-7-14(15)26-16-12-4-2-3-5-13(12)23-18(24-16)19(20,21)22/h2-7,10,17H,8-9H2,1H3. The lowest BCUT2D eigenvalue weighted by Crippen LogP contribution is -2.12. The van der Waals surface area contributed by atoms with Crippen LogP contribution in [0.3, 0.4) is 0 Å². The van der Waals surface area contributed by atoms with Crippen LogP contribution in [0.2, 0.25) is 0 Å². The Hall–Kier alpha value is -2.13. The van der Waals surface area contributed by atoms with Crippen LogP contribution in [-0.2, 0) is 6.18 Å². The van der Waals surface area contributed by atoms with Crippen LogP contribution in [0.1, 0.15) is 16.0 Å². The van der Waals surface area contributed by atoms with Crippen molar-refractivity contribution >= 4 is 34.4 Å². The predicted molar refractivity (Wildman–Crippen MR) is 105 cm³/mol. The fourth-order valence-electron chi connectivity index (χ4n) is 2.82. The van der Waals surface area contributed by atoms with Gasteiger partial charge in [-0.25, -0.2) is 4.98 Å². The van der Waals surface area contributed by atoms with E-state index in [1.54, 1.807) is 24.3 Å². The highest BCUT2D eigenvalue weighted by Crippen LogP contribution is 2.47. The van der Waals surface area contributed by atoms with Crippen LogP contribution in [-0.4, -0.2) is 28.6 Å². The second-order valence-electron chi connectivity index (χ2n) is 5.95. The molecule has 0 amide bonds. The van der Waals surface area contributed by atoms with E-state index in [0.717, 1.165) is 17.1 Å². The second kappa shape index (κ2) is 7.71. The molecule has 2 heterocycles. The highest BCUT2D eigenvalue weighted by molar-refractivity contribution is 8.19. The van der Waals surface area contributed by atoms with Gasteiger partial charge in [-0.2, -0.15) is 18.2 Å². The van der Waals surface area contributed by atoms with Crippen molar-refractivity contribution in [3.8, 4) is 17.4 Å². The first-order valence-corrected chi connectivity index (χ1v) is 10.5. The van der Waals surface area contributed by atoms with E-state index < -0.39 is 12.0 Å². The minimum atomic E-state index is -4.67. The molecule has 2 aromatic carbocycles. The van der Waals surface area contributed by atoms with E-state index in [0.29, 0.717) is 21.5 Å². The molecule has 0 saturated carbocycles. The molecule has 1 saturated heterocycles. The third-order valence-corrected chi connectivity index (χ3v) is 7.21. The highest BCUT2D eigenvalue weighted by Gasteiger charge is 2.36. The summed E-state index contributed by atoms with van der Waals surface area (Å²) in [5.41, 5.74) is 1.24. The van der Waals surface area contributed by atoms with E-state index in [1.807, 2.05) is 35.7 Å². The Balaban J connectivity index is 1.75. The Morgan fingerprint density at radius 2 is 1.75 bits per heavy atom. The molecule has 0 bridgehead atoms. The first-order valence-electron chi connectivity index (χ1n) is 8.38. The number of methoxy groups -OCH3 is 1. The Labute approximate surface area is 167 Å². The zero-order chi connectivity index (χ0) is 19.7. The lowest BCUT2D eigenvalue weighted by molar-refractivity contribution is -0.144. The van der Waals surface area contributed by atoms with Crippen LogP contribution in [0.5, 0.6) is 17.4 Å². The summed E-state index contributed by atoms with van der Waals surface area (Å²) in [7, 11) is 1.50. The van der Waals surface area contributed by atoms with Gasteiger partial charge < -0.3 is 9.47 Å². The van der Waals surface area contributed by atoms with Crippen LogP contribution >= 0.6 is 23.5 Å². The van der Waals surface area contributed by atoms with Gasteiger partial charge in [0.15, 0.2) is 11.5 Å². The molecule has 3 aromatic rings. The fraction of sp³-hybridized carbons (Fsp3) is 0.263. The molecule has 0 aliphatic carbocycles. The molecule has 1 aliphatic heterocycles. The number of halogens is 3. The van der Waals surface area contributed by atoms with E-state index in [4.69, 9.17) is 9.47 Å². The first-order chi connectivity index (χ1) is 13.5. The lowest BCUT2D eigenvalue weighted by Gasteiger charge is -2.15. The van der Waals surface area contributed by atoms with Crippen LogP contribution in [0.4, 0.5) is 13.2 Å². The Bertz CT molecular complexity index is 1010. The van der Waals surface area contributed by atoms with Crippen molar-refractivity contribution in [1.29, 1.82) is 0 Å². The molecule has 4 nitrogen and oxygen atoms in total. The molecule has 1 aromatic heterocycles. The van der Waals surface area contributed by atoms with Crippen molar-refractivity contribution in [2.45, 2.75) is 10.8 Å².